The summed E-state index contributed by atoms with van der Waals surface area (Å²) in [5.41, 5.74) is 1.62. The first-order valence-corrected chi connectivity index (χ1v) is 10.5. The van der Waals surface area contributed by atoms with Crippen LogP contribution in [0.15, 0.2) is 35.8 Å². The van der Waals surface area contributed by atoms with Gasteiger partial charge in [-0.15, -0.1) is 0 Å². The van der Waals surface area contributed by atoms with E-state index < -0.39 is 17.5 Å². The molecule has 0 saturated heterocycles. The molecule has 1 N–H and O–H groups in total. The first-order chi connectivity index (χ1) is 13.4. The van der Waals surface area contributed by atoms with Gasteiger partial charge < -0.3 is 14.6 Å². The van der Waals surface area contributed by atoms with Crippen molar-refractivity contribution in [1.82, 2.24) is 0 Å². The maximum Gasteiger partial charge on any atom is 0.307 e. The largest absolute Gasteiger partial charge is 0.435 e. The van der Waals surface area contributed by atoms with Gasteiger partial charge in [0.1, 0.15) is 0 Å². The van der Waals surface area contributed by atoms with Crippen LogP contribution in [-0.4, -0.2) is 22.6 Å². The number of hydrogen-bond acceptors (Lipinski definition) is 5. The van der Waals surface area contributed by atoms with Gasteiger partial charge in [0.05, 0.1) is 18.1 Å². The van der Waals surface area contributed by atoms with E-state index in [2.05, 4.69) is 26.8 Å². The molecule has 29 heavy (non-hydrogen) atoms. The fourth-order valence-corrected chi connectivity index (χ4v) is 4.31. The Morgan fingerprint density at radius 1 is 1.03 bits per heavy atom. The van der Waals surface area contributed by atoms with Gasteiger partial charge in [-0.2, -0.15) is 0 Å². The standard InChI is InChI=1S/C24H38O5/c1-18(11-12-22-23(4,5)14-8-15-24(22,6)27)9-7-10-21(17-29-20(3)26)13-16-28-19(2)25/h9,13,16-17,22,27H,7-8,10-12,14-15H2,1-6H3/b16-13+,18-9+,21-17-/t22-,24-/m0/s1. The van der Waals surface area contributed by atoms with E-state index in [0.717, 1.165) is 44.1 Å². The average molecular weight is 407 g/mol. The van der Waals surface area contributed by atoms with Gasteiger partial charge >= 0.3 is 11.9 Å². The molecule has 164 valence electrons. The van der Waals surface area contributed by atoms with Crippen LogP contribution in [0.2, 0.25) is 0 Å². The van der Waals surface area contributed by atoms with Crippen molar-refractivity contribution < 1.29 is 24.2 Å². The zero-order valence-electron chi connectivity index (χ0n) is 18.9. The van der Waals surface area contributed by atoms with Crippen molar-refractivity contribution in [1.29, 1.82) is 0 Å². The number of esters is 2. The Kier molecular flexibility index (Phi) is 9.84. The molecule has 0 bridgehead atoms. The summed E-state index contributed by atoms with van der Waals surface area (Å²) >= 11 is 0. The minimum absolute atomic E-state index is 0.156. The van der Waals surface area contributed by atoms with E-state index in [1.165, 1.54) is 31.9 Å². The predicted octanol–water partition coefficient (Wildman–Crippen LogP) is 5.59. The second kappa shape index (κ2) is 11.3. The van der Waals surface area contributed by atoms with Crippen molar-refractivity contribution >= 4 is 11.9 Å². The van der Waals surface area contributed by atoms with Crippen LogP contribution in [0.4, 0.5) is 0 Å². The van der Waals surface area contributed by atoms with Crippen molar-refractivity contribution in [2.45, 2.75) is 92.1 Å². The number of rotatable bonds is 9. The molecular weight excluding hydrogens is 368 g/mol. The Hall–Kier alpha value is -1.88. The van der Waals surface area contributed by atoms with Gasteiger partial charge in [-0.1, -0.05) is 31.9 Å². The second-order valence-corrected chi connectivity index (χ2v) is 9.09. The van der Waals surface area contributed by atoms with Gasteiger partial charge in [0.2, 0.25) is 0 Å². The SMILES string of the molecule is CC(=O)O/C=C(\C=C\OC(C)=O)CC/C=C(\C)CC[C@H]1C(C)(C)CCC[C@]1(C)O. The predicted molar refractivity (Wildman–Crippen MR) is 115 cm³/mol. The van der Waals surface area contributed by atoms with Gasteiger partial charge in [-0.05, 0) is 75.4 Å². The summed E-state index contributed by atoms with van der Waals surface area (Å²) in [5, 5.41) is 10.8. The molecular formula is C24H38O5. The van der Waals surface area contributed by atoms with E-state index >= 15 is 0 Å². The molecule has 1 fully saturated rings. The molecule has 0 aromatic heterocycles. The summed E-state index contributed by atoms with van der Waals surface area (Å²) in [6.45, 7) is 11.3. The number of aliphatic hydroxyl groups is 1. The monoisotopic (exact) mass is 406 g/mol. The number of carbonyl (C=O) groups is 2. The topological polar surface area (TPSA) is 72.8 Å². The molecule has 2 atom stereocenters. The molecule has 0 aromatic carbocycles. The molecule has 0 radical (unpaired) electrons. The number of hydrogen-bond donors (Lipinski definition) is 1. The lowest BCUT2D eigenvalue weighted by molar-refractivity contribution is -0.136. The molecule has 0 aliphatic heterocycles. The zero-order valence-corrected chi connectivity index (χ0v) is 18.9. The molecule has 5 heteroatoms. The Balaban J connectivity index is 2.62. The zero-order chi connectivity index (χ0) is 22.1. The highest BCUT2D eigenvalue weighted by Gasteiger charge is 2.44. The van der Waals surface area contributed by atoms with Crippen LogP contribution in [0.25, 0.3) is 0 Å². The van der Waals surface area contributed by atoms with E-state index in [0.29, 0.717) is 6.42 Å². The Morgan fingerprint density at radius 3 is 2.28 bits per heavy atom. The van der Waals surface area contributed by atoms with Gasteiger partial charge in [-0.25, -0.2) is 0 Å². The van der Waals surface area contributed by atoms with Gasteiger partial charge in [-0.3, -0.25) is 9.59 Å². The molecule has 0 spiro atoms. The smallest absolute Gasteiger partial charge is 0.307 e. The summed E-state index contributed by atoms with van der Waals surface area (Å²) < 4.78 is 9.76. The third-order valence-electron chi connectivity index (χ3n) is 5.84. The highest BCUT2D eigenvalue weighted by atomic mass is 16.5. The highest BCUT2D eigenvalue weighted by Crippen LogP contribution is 2.48. The van der Waals surface area contributed by atoms with Gasteiger partial charge in [0.25, 0.3) is 0 Å². The summed E-state index contributed by atoms with van der Waals surface area (Å²) in [5.74, 6) is -0.499. The van der Waals surface area contributed by atoms with Crippen molar-refractivity contribution in [3.63, 3.8) is 0 Å². The molecule has 1 aliphatic rings. The minimum Gasteiger partial charge on any atom is -0.435 e. The summed E-state index contributed by atoms with van der Waals surface area (Å²) in [7, 11) is 0. The van der Waals surface area contributed by atoms with Crippen LogP contribution in [0.3, 0.4) is 0 Å². The van der Waals surface area contributed by atoms with Crippen LogP contribution in [0.1, 0.15) is 86.5 Å². The molecule has 1 aliphatic carbocycles. The summed E-state index contributed by atoms with van der Waals surface area (Å²) in [4.78, 5) is 21.9. The van der Waals surface area contributed by atoms with Crippen molar-refractivity contribution in [2.75, 3.05) is 0 Å². The minimum atomic E-state index is -0.594. The van der Waals surface area contributed by atoms with E-state index in [9.17, 15) is 14.7 Å². The lowest BCUT2D eigenvalue weighted by Crippen LogP contribution is -2.46. The maximum absolute atomic E-state index is 11.0. The summed E-state index contributed by atoms with van der Waals surface area (Å²) in [6, 6.07) is 0. The molecule has 0 amide bonds. The van der Waals surface area contributed by atoms with E-state index in [-0.39, 0.29) is 11.3 Å². The summed E-state index contributed by atoms with van der Waals surface area (Å²) in [6.07, 6.45) is 13.0. The average Bonchev–Trinajstić information content (AvgIpc) is 2.57. The van der Waals surface area contributed by atoms with Crippen molar-refractivity contribution in [3.05, 3.63) is 35.8 Å². The quantitative estimate of drug-likeness (QED) is 0.234. The third-order valence-corrected chi connectivity index (χ3v) is 5.84. The van der Waals surface area contributed by atoms with Crippen molar-refractivity contribution in [3.8, 4) is 0 Å². The second-order valence-electron chi connectivity index (χ2n) is 9.09. The van der Waals surface area contributed by atoms with Gasteiger partial charge in [0, 0.05) is 13.8 Å². The molecule has 5 nitrogen and oxygen atoms in total. The fraction of sp³-hybridized carbons (Fsp3) is 0.667. The normalized spacial score (nSPS) is 25.1. The maximum atomic E-state index is 11.0. The third kappa shape index (κ3) is 9.44. The lowest BCUT2D eigenvalue weighted by atomic mass is 9.60. The van der Waals surface area contributed by atoms with Crippen LogP contribution < -0.4 is 0 Å². The van der Waals surface area contributed by atoms with Crippen LogP contribution in [-0.2, 0) is 19.1 Å². The lowest BCUT2D eigenvalue weighted by Gasteiger charge is -2.48. The number of carbonyl (C=O) groups excluding carboxylic acids is 2. The number of ether oxygens (including phenoxy) is 2. The van der Waals surface area contributed by atoms with Crippen LogP contribution in [0.5, 0.6) is 0 Å². The first-order valence-electron chi connectivity index (χ1n) is 10.5. The molecule has 0 aromatic rings. The molecule has 1 saturated carbocycles. The molecule has 0 heterocycles. The fourth-order valence-electron chi connectivity index (χ4n) is 4.31. The van der Waals surface area contributed by atoms with E-state index in [1.807, 2.05) is 6.92 Å². The van der Waals surface area contributed by atoms with Gasteiger partial charge in [0.15, 0.2) is 0 Å². The Labute approximate surface area is 175 Å². The van der Waals surface area contributed by atoms with E-state index in [1.54, 1.807) is 6.08 Å². The number of allylic oxidation sites excluding steroid dienone is 4. The highest BCUT2D eigenvalue weighted by molar-refractivity contribution is 5.67. The molecule has 0 unspecified atom stereocenters. The van der Waals surface area contributed by atoms with Crippen molar-refractivity contribution in [2.24, 2.45) is 11.3 Å². The van der Waals surface area contributed by atoms with Crippen LogP contribution >= 0.6 is 0 Å². The molecule has 1 rings (SSSR count). The van der Waals surface area contributed by atoms with E-state index in [4.69, 9.17) is 9.47 Å². The Morgan fingerprint density at radius 2 is 1.69 bits per heavy atom. The Bertz CT molecular complexity index is 636. The van der Waals surface area contributed by atoms with Crippen LogP contribution in [0, 0.1) is 11.3 Å². The first kappa shape index (κ1) is 25.2.